The van der Waals surface area contributed by atoms with E-state index in [1.807, 2.05) is 6.07 Å². The smallest absolute Gasteiger partial charge is 0.126 e. The van der Waals surface area contributed by atoms with Crippen molar-refractivity contribution in [2.45, 2.75) is 26.3 Å². The fourth-order valence-corrected chi connectivity index (χ4v) is 2.02. The summed E-state index contributed by atoms with van der Waals surface area (Å²) < 4.78 is 0. The summed E-state index contributed by atoms with van der Waals surface area (Å²) in [6.45, 7) is 4.26. The maximum atomic E-state index is 8.73. The van der Waals surface area contributed by atoms with Gasteiger partial charge in [-0.3, -0.25) is 0 Å². The van der Waals surface area contributed by atoms with Crippen LogP contribution in [0.5, 0.6) is 0 Å². The van der Waals surface area contributed by atoms with Crippen LogP contribution in [0.1, 0.15) is 23.6 Å². The first kappa shape index (κ1) is 13.1. The number of pyridine rings is 1. The number of anilines is 1. The van der Waals surface area contributed by atoms with E-state index in [2.05, 4.69) is 54.5 Å². The second-order valence-corrected chi connectivity index (χ2v) is 4.72. The molecule has 0 spiro atoms. The topological polar surface area (TPSA) is 48.7 Å². The molecule has 1 unspecified atom stereocenters. The molecule has 0 bridgehead atoms. The quantitative estimate of drug-likeness (QED) is 0.907. The molecule has 19 heavy (non-hydrogen) atoms. The number of rotatable bonds is 4. The zero-order chi connectivity index (χ0) is 13.7. The third-order valence-electron chi connectivity index (χ3n) is 3.07. The highest BCUT2D eigenvalue weighted by molar-refractivity contribution is 5.40. The first-order valence-corrected chi connectivity index (χ1v) is 6.36. The van der Waals surface area contributed by atoms with Gasteiger partial charge in [-0.05, 0) is 43.5 Å². The zero-order valence-corrected chi connectivity index (χ0v) is 11.2. The van der Waals surface area contributed by atoms with Crippen LogP contribution in [0.2, 0.25) is 0 Å². The van der Waals surface area contributed by atoms with Crippen molar-refractivity contribution in [3.05, 3.63) is 59.3 Å². The molecule has 0 aliphatic heterocycles. The van der Waals surface area contributed by atoms with E-state index in [1.165, 1.54) is 11.1 Å². The van der Waals surface area contributed by atoms with Crippen LogP contribution in [-0.2, 0) is 6.42 Å². The Morgan fingerprint density at radius 1 is 1.26 bits per heavy atom. The van der Waals surface area contributed by atoms with Crippen molar-refractivity contribution >= 4 is 5.82 Å². The van der Waals surface area contributed by atoms with Gasteiger partial charge in [-0.15, -0.1) is 0 Å². The van der Waals surface area contributed by atoms with E-state index in [9.17, 15) is 0 Å². The van der Waals surface area contributed by atoms with Crippen LogP contribution in [0.3, 0.4) is 0 Å². The number of nitrogens with zero attached hydrogens (tertiary/aromatic N) is 2. The molecule has 1 heterocycles. The van der Waals surface area contributed by atoms with Crippen molar-refractivity contribution in [1.29, 1.82) is 5.26 Å². The summed E-state index contributed by atoms with van der Waals surface area (Å²) in [5.74, 6) is 0.806. The molecule has 1 aromatic heterocycles. The monoisotopic (exact) mass is 251 g/mol. The Labute approximate surface area is 113 Å². The van der Waals surface area contributed by atoms with Crippen molar-refractivity contribution in [2.75, 3.05) is 5.32 Å². The van der Waals surface area contributed by atoms with E-state index < -0.39 is 0 Å². The first-order valence-electron chi connectivity index (χ1n) is 6.36. The standard InChI is InChI=1S/C16H17N3/c1-12-5-3-4-6-15(12)9-13(2)19-16-8-7-14(10-17)11-18-16/h3-8,11,13H,9H2,1-2H3,(H,18,19). The van der Waals surface area contributed by atoms with Crippen LogP contribution < -0.4 is 5.32 Å². The van der Waals surface area contributed by atoms with E-state index in [4.69, 9.17) is 5.26 Å². The van der Waals surface area contributed by atoms with Gasteiger partial charge in [-0.1, -0.05) is 24.3 Å². The molecule has 0 fully saturated rings. The van der Waals surface area contributed by atoms with Crippen LogP contribution in [0, 0.1) is 18.3 Å². The molecule has 0 amide bonds. The molecule has 96 valence electrons. The van der Waals surface area contributed by atoms with Gasteiger partial charge in [0.25, 0.3) is 0 Å². The van der Waals surface area contributed by atoms with Crippen LogP contribution >= 0.6 is 0 Å². The molecule has 0 aliphatic carbocycles. The summed E-state index contributed by atoms with van der Waals surface area (Å²) in [4.78, 5) is 4.22. The summed E-state index contributed by atoms with van der Waals surface area (Å²) in [6, 6.07) is 14.4. The largest absolute Gasteiger partial charge is 0.367 e. The minimum Gasteiger partial charge on any atom is -0.367 e. The van der Waals surface area contributed by atoms with Gasteiger partial charge < -0.3 is 5.32 Å². The normalized spacial score (nSPS) is 11.6. The average Bonchev–Trinajstić information content (AvgIpc) is 2.42. The van der Waals surface area contributed by atoms with E-state index in [-0.39, 0.29) is 0 Å². The van der Waals surface area contributed by atoms with Crippen molar-refractivity contribution in [3.8, 4) is 6.07 Å². The van der Waals surface area contributed by atoms with Gasteiger partial charge in [0.1, 0.15) is 11.9 Å². The van der Waals surface area contributed by atoms with Crippen molar-refractivity contribution in [1.82, 2.24) is 4.98 Å². The Morgan fingerprint density at radius 2 is 2.05 bits per heavy atom. The van der Waals surface area contributed by atoms with E-state index in [0.717, 1.165) is 12.2 Å². The number of nitriles is 1. The fraction of sp³-hybridized carbons (Fsp3) is 0.250. The third-order valence-corrected chi connectivity index (χ3v) is 3.07. The molecule has 0 radical (unpaired) electrons. The molecule has 0 saturated carbocycles. The molecule has 0 aliphatic rings. The van der Waals surface area contributed by atoms with E-state index in [1.54, 1.807) is 12.3 Å². The third kappa shape index (κ3) is 3.56. The van der Waals surface area contributed by atoms with Gasteiger partial charge in [-0.2, -0.15) is 5.26 Å². The molecular formula is C16H17N3. The molecule has 3 nitrogen and oxygen atoms in total. The minimum absolute atomic E-state index is 0.293. The molecule has 1 aromatic carbocycles. The Hall–Kier alpha value is -2.34. The predicted octanol–water partition coefficient (Wildman–Crippen LogP) is 3.30. The molecule has 1 atom stereocenters. The molecule has 2 rings (SSSR count). The number of nitrogens with one attached hydrogen (secondary N) is 1. The van der Waals surface area contributed by atoms with Crippen LogP contribution in [0.15, 0.2) is 42.6 Å². The van der Waals surface area contributed by atoms with E-state index >= 15 is 0 Å². The summed E-state index contributed by atoms with van der Waals surface area (Å²) in [5, 5.41) is 12.1. The lowest BCUT2D eigenvalue weighted by atomic mass is 10.0. The van der Waals surface area contributed by atoms with Gasteiger partial charge in [0.05, 0.1) is 5.56 Å². The lowest BCUT2D eigenvalue weighted by Gasteiger charge is -2.15. The van der Waals surface area contributed by atoms with Crippen molar-refractivity contribution < 1.29 is 0 Å². The zero-order valence-electron chi connectivity index (χ0n) is 11.2. The minimum atomic E-state index is 0.293. The van der Waals surface area contributed by atoms with Gasteiger partial charge in [-0.25, -0.2) is 4.98 Å². The Bertz CT molecular complexity index is 582. The van der Waals surface area contributed by atoms with Gasteiger partial charge >= 0.3 is 0 Å². The van der Waals surface area contributed by atoms with Crippen molar-refractivity contribution in [2.24, 2.45) is 0 Å². The molecule has 1 N–H and O–H groups in total. The lowest BCUT2D eigenvalue weighted by Crippen LogP contribution is -2.19. The fourth-order valence-electron chi connectivity index (χ4n) is 2.02. The Balaban J connectivity index is 1.99. The summed E-state index contributed by atoms with van der Waals surface area (Å²) in [5.41, 5.74) is 3.23. The maximum absolute atomic E-state index is 8.73. The summed E-state index contributed by atoms with van der Waals surface area (Å²) in [6.07, 6.45) is 2.54. The number of aromatic nitrogens is 1. The number of benzene rings is 1. The van der Waals surface area contributed by atoms with Crippen molar-refractivity contribution in [3.63, 3.8) is 0 Å². The maximum Gasteiger partial charge on any atom is 0.126 e. The molecule has 3 heteroatoms. The van der Waals surface area contributed by atoms with Gasteiger partial charge in [0, 0.05) is 12.2 Å². The van der Waals surface area contributed by atoms with Crippen LogP contribution in [0.25, 0.3) is 0 Å². The van der Waals surface area contributed by atoms with Crippen LogP contribution in [0.4, 0.5) is 5.82 Å². The lowest BCUT2D eigenvalue weighted by molar-refractivity contribution is 0.780. The Morgan fingerprint density at radius 3 is 2.68 bits per heavy atom. The molecule has 2 aromatic rings. The SMILES string of the molecule is Cc1ccccc1CC(C)Nc1ccc(C#N)cn1. The highest BCUT2D eigenvalue weighted by Crippen LogP contribution is 2.12. The highest BCUT2D eigenvalue weighted by atomic mass is 15.0. The number of hydrogen-bond acceptors (Lipinski definition) is 3. The summed E-state index contributed by atoms with van der Waals surface area (Å²) >= 11 is 0. The van der Waals surface area contributed by atoms with Crippen LogP contribution in [-0.4, -0.2) is 11.0 Å². The van der Waals surface area contributed by atoms with Gasteiger partial charge in [0.2, 0.25) is 0 Å². The second-order valence-electron chi connectivity index (χ2n) is 4.72. The average molecular weight is 251 g/mol. The molecular weight excluding hydrogens is 234 g/mol. The first-order chi connectivity index (χ1) is 9.19. The molecule has 0 saturated heterocycles. The number of aryl methyl sites for hydroxylation is 1. The predicted molar refractivity (Wildman–Crippen MR) is 76.9 cm³/mol. The van der Waals surface area contributed by atoms with E-state index in [0.29, 0.717) is 11.6 Å². The van der Waals surface area contributed by atoms with Gasteiger partial charge in [0.15, 0.2) is 0 Å². The Kier molecular flexibility index (Phi) is 4.15. The second kappa shape index (κ2) is 6.01. The highest BCUT2D eigenvalue weighted by Gasteiger charge is 2.06. The summed E-state index contributed by atoms with van der Waals surface area (Å²) in [7, 11) is 0. The number of hydrogen-bond donors (Lipinski definition) is 1.